The summed E-state index contributed by atoms with van der Waals surface area (Å²) in [7, 11) is 0. The van der Waals surface area contributed by atoms with E-state index >= 15 is 0 Å². The van der Waals surface area contributed by atoms with Gasteiger partial charge in [-0.3, -0.25) is 9.79 Å². The number of piperazine rings is 1. The molecule has 1 aromatic rings. The van der Waals surface area contributed by atoms with Crippen LogP contribution in [0.3, 0.4) is 0 Å². The van der Waals surface area contributed by atoms with Crippen LogP contribution < -0.4 is 10.6 Å². The highest BCUT2D eigenvalue weighted by Gasteiger charge is 2.23. The summed E-state index contributed by atoms with van der Waals surface area (Å²) in [5.74, 6) is -1.43. The zero-order valence-electron chi connectivity index (χ0n) is 13.6. The second-order valence-electron chi connectivity index (χ2n) is 5.39. The standard InChI is InChI=1S/C17H19ClF2N4O/c1-12(22-4-2-3-21)13-9-15(20)16(10-14(13)19)23-5-7-24(8-6-23)17(25)11-18/h2-4,9-10H,1,5-8,11,21H2/b3-2-,22-4?. The van der Waals surface area contributed by atoms with Crippen molar-refractivity contribution in [1.29, 1.82) is 0 Å². The van der Waals surface area contributed by atoms with Crippen LogP contribution in [-0.2, 0) is 4.79 Å². The fourth-order valence-corrected chi connectivity index (χ4v) is 2.70. The summed E-state index contributed by atoms with van der Waals surface area (Å²) >= 11 is 5.53. The number of alkyl halides is 1. The highest BCUT2D eigenvalue weighted by molar-refractivity contribution is 6.27. The average Bonchev–Trinajstić information content (AvgIpc) is 2.63. The van der Waals surface area contributed by atoms with E-state index in [4.69, 9.17) is 17.3 Å². The summed E-state index contributed by atoms with van der Waals surface area (Å²) in [4.78, 5) is 18.8. The normalized spacial score (nSPS) is 15.3. The van der Waals surface area contributed by atoms with Crippen molar-refractivity contribution in [2.24, 2.45) is 10.7 Å². The first-order valence-corrected chi connectivity index (χ1v) is 8.19. The summed E-state index contributed by atoms with van der Waals surface area (Å²) in [6.45, 7) is 5.26. The second-order valence-corrected chi connectivity index (χ2v) is 5.66. The molecular weight excluding hydrogens is 350 g/mol. The third kappa shape index (κ3) is 4.57. The summed E-state index contributed by atoms with van der Waals surface area (Å²) in [5.41, 5.74) is 5.41. The van der Waals surface area contributed by atoms with Crippen LogP contribution in [0.15, 0.2) is 36.0 Å². The zero-order chi connectivity index (χ0) is 18.4. The van der Waals surface area contributed by atoms with E-state index in [1.807, 2.05) is 0 Å². The molecule has 1 aliphatic heterocycles. The number of nitrogens with zero attached hydrogens (tertiary/aromatic N) is 3. The van der Waals surface area contributed by atoms with Crippen molar-refractivity contribution in [3.05, 3.63) is 48.2 Å². The Labute approximate surface area is 150 Å². The largest absolute Gasteiger partial charge is 0.405 e. The molecule has 0 aromatic heterocycles. The minimum absolute atomic E-state index is 0.0149. The Morgan fingerprint density at radius 2 is 1.96 bits per heavy atom. The molecule has 0 aliphatic carbocycles. The van der Waals surface area contributed by atoms with Gasteiger partial charge in [-0.15, -0.1) is 11.6 Å². The van der Waals surface area contributed by atoms with Gasteiger partial charge in [0.25, 0.3) is 0 Å². The molecule has 2 rings (SSSR count). The molecule has 0 saturated carbocycles. The van der Waals surface area contributed by atoms with Crippen LogP contribution in [0, 0.1) is 11.6 Å². The number of hydrogen-bond acceptors (Lipinski definition) is 4. The fourth-order valence-electron chi connectivity index (χ4n) is 2.53. The lowest BCUT2D eigenvalue weighted by Gasteiger charge is -2.36. The number of allylic oxidation sites excluding steroid dienone is 1. The molecular formula is C17H19ClF2N4O. The topological polar surface area (TPSA) is 61.9 Å². The molecule has 2 N–H and O–H groups in total. The molecule has 5 nitrogen and oxygen atoms in total. The summed E-state index contributed by atoms with van der Waals surface area (Å²) in [5, 5.41) is 0. The van der Waals surface area contributed by atoms with E-state index in [1.54, 1.807) is 9.80 Å². The van der Waals surface area contributed by atoms with Crippen molar-refractivity contribution in [3.63, 3.8) is 0 Å². The molecule has 0 atom stereocenters. The Bertz CT molecular complexity index is 713. The Balaban J connectivity index is 2.15. The zero-order valence-corrected chi connectivity index (χ0v) is 14.3. The van der Waals surface area contributed by atoms with Gasteiger partial charge in [-0.05, 0) is 18.3 Å². The summed E-state index contributed by atoms with van der Waals surface area (Å²) in [6.07, 6.45) is 4.07. The number of amides is 1. The molecule has 134 valence electrons. The van der Waals surface area contributed by atoms with Crippen molar-refractivity contribution < 1.29 is 13.6 Å². The maximum Gasteiger partial charge on any atom is 0.237 e. The number of carbonyl (C=O) groups is 1. The number of carbonyl (C=O) groups excluding carboxylic acids is 1. The summed E-state index contributed by atoms with van der Waals surface area (Å²) in [6, 6.07) is 2.20. The van der Waals surface area contributed by atoms with Gasteiger partial charge in [0.05, 0.1) is 11.4 Å². The van der Waals surface area contributed by atoms with E-state index in [1.165, 1.54) is 18.5 Å². The SMILES string of the molecule is C=C(N=C/C=C\N)c1cc(F)c(N2CCN(C(=O)CCl)CC2)cc1F. The van der Waals surface area contributed by atoms with Crippen molar-refractivity contribution in [3.8, 4) is 0 Å². The summed E-state index contributed by atoms with van der Waals surface area (Å²) < 4.78 is 28.8. The number of hydrogen-bond donors (Lipinski definition) is 1. The smallest absolute Gasteiger partial charge is 0.237 e. The molecule has 1 saturated heterocycles. The first kappa shape index (κ1) is 18.9. The Morgan fingerprint density at radius 3 is 2.56 bits per heavy atom. The van der Waals surface area contributed by atoms with Gasteiger partial charge in [0.1, 0.15) is 17.5 Å². The lowest BCUT2D eigenvalue weighted by Crippen LogP contribution is -2.49. The maximum atomic E-state index is 14.4. The van der Waals surface area contributed by atoms with Crippen molar-refractivity contribution in [2.45, 2.75) is 0 Å². The number of aliphatic imine (C=N–C) groups is 1. The van der Waals surface area contributed by atoms with Gasteiger partial charge in [-0.1, -0.05) is 6.58 Å². The maximum absolute atomic E-state index is 14.4. The predicted molar refractivity (Wildman–Crippen MR) is 96.7 cm³/mol. The van der Waals surface area contributed by atoms with E-state index in [0.29, 0.717) is 26.2 Å². The molecule has 0 bridgehead atoms. The van der Waals surface area contributed by atoms with E-state index < -0.39 is 11.6 Å². The van der Waals surface area contributed by atoms with Crippen molar-refractivity contribution >= 4 is 35.1 Å². The van der Waals surface area contributed by atoms with Crippen LogP contribution in [-0.4, -0.2) is 49.1 Å². The predicted octanol–water partition coefficient (Wildman–Crippen LogP) is 2.37. The quantitative estimate of drug-likeness (QED) is 0.641. The molecule has 25 heavy (non-hydrogen) atoms. The first-order valence-electron chi connectivity index (χ1n) is 7.66. The van der Waals surface area contributed by atoms with Gasteiger partial charge in [-0.2, -0.15) is 0 Å². The third-order valence-corrected chi connectivity index (χ3v) is 4.09. The van der Waals surface area contributed by atoms with E-state index in [0.717, 1.165) is 12.1 Å². The van der Waals surface area contributed by atoms with Gasteiger partial charge < -0.3 is 15.5 Å². The van der Waals surface area contributed by atoms with Crippen LogP contribution in [0.5, 0.6) is 0 Å². The highest BCUT2D eigenvalue weighted by atomic mass is 35.5. The minimum atomic E-state index is -0.616. The Kier molecular flexibility index (Phi) is 6.52. The molecule has 8 heteroatoms. The number of rotatable bonds is 5. The van der Waals surface area contributed by atoms with Crippen LogP contribution in [0.1, 0.15) is 5.56 Å². The van der Waals surface area contributed by atoms with Gasteiger partial charge >= 0.3 is 0 Å². The van der Waals surface area contributed by atoms with Gasteiger partial charge in [0.2, 0.25) is 5.91 Å². The number of halogens is 3. The lowest BCUT2D eigenvalue weighted by atomic mass is 10.1. The van der Waals surface area contributed by atoms with E-state index in [-0.39, 0.29) is 28.7 Å². The molecule has 1 fully saturated rings. The third-order valence-electron chi connectivity index (χ3n) is 3.86. The van der Waals surface area contributed by atoms with Gasteiger partial charge in [-0.25, -0.2) is 8.78 Å². The molecule has 0 radical (unpaired) electrons. The highest BCUT2D eigenvalue weighted by Crippen LogP contribution is 2.28. The molecule has 1 aliphatic rings. The monoisotopic (exact) mass is 368 g/mol. The molecule has 0 unspecified atom stereocenters. The van der Waals surface area contributed by atoms with Crippen LogP contribution in [0.4, 0.5) is 14.5 Å². The second kappa shape index (κ2) is 8.62. The minimum Gasteiger partial charge on any atom is -0.405 e. The number of anilines is 1. The molecule has 1 amide bonds. The molecule has 1 heterocycles. The van der Waals surface area contributed by atoms with Crippen molar-refractivity contribution in [2.75, 3.05) is 37.0 Å². The average molecular weight is 369 g/mol. The lowest BCUT2D eigenvalue weighted by molar-refractivity contribution is -0.128. The number of nitrogens with two attached hydrogens (primary N) is 1. The molecule has 1 aromatic carbocycles. The number of benzene rings is 1. The fraction of sp³-hybridized carbons (Fsp3) is 0.294. The van der Waals surface area contributed by atoms with Gasteiger partial charge in [0, 0.05) is 44.0 Å². The van der Waals surface area contributed by atoms with Crippen LogP contribution in [0.25, 0.3) is 5.70 Å². The Morgan fingerprint density at radius 1 is 1.28 bits per heavy atom. The first-order chi connectivity index (χ1) is 12.0. The van der Waals surface area contributed by atoms with E-state index in [2.05, 4.69) is 11.6 Å². The van der Waals surface area contributed by atoms with Crippen molar-refractivity contribution in [1.82, 2.24) is 4.90 Å². The van der Waals surface area contributed by atoms with E-state index in [9.17, 15) is 13.6 Å². The van der Waals surface area contributed by atoms with Crippen LogP contribution in [0.2, 0.25) is 0 Å². The van der Waals surface area contributed by atoms with Crippen LogP contribution >= 0.6 is 11.6 Å². The molecule has 0 spiro atoms. The Hall–Kier alpha value is -2.41. The van der Waals surface area contributed by atoms with Gasteiger partial charge in [0.15, 0.2) is 0 Å².